The van der Waals surface area contributed by atoms with E-state index in [1.54, 1.807) is 20.8 Å². The Labute approximate surface area is 248 Å². The van der Waals surface area contributed by atoms with Gasteiger partial charge >= 0.3 is 6.09 Å². The second kappa shape index (κ2) is 14.0. The molecular weight excluding hydrogens is 565 g/mol. The lowest BCUT2D eigenvalue weighted by Crippen LogP contribution is -2.55. The van der Waals surface area contributed by atoms with Gasteiger partial charge in [0.05, 0.1) is 56.2 Å². The average Bonchev–Trinajstić information content (AvgIpc) is 2.95. The maximum atomic E-state index is 15.0. The Morgan fingerprint density at radius 3 is 2.49 bits per heavy atom. The quantitative estimate of drug-likeness (QED) is 0.356. The molecule has 1 aromatic carbocycles. The van der Waals surface area contributed by atoms with Crippen molar-refractivity contribution in [2.24, 2.45) is 0 Å². The van der Waals surface area contributed by atoms with Crippen molar-refractivity contribution in [3.8, 4) is 0 Å². The number of morpholine rings is 1. The summed E-state index contributed by atoms with van der Waals surface area (Å²) in [5, 5.41) is 12.4. The molecule has 0 aliphatic carbocycles. The molecule has 3 heterocycles. The van der Waals surface area contributed by atoms with E-state index in [1.165, 1.54) is 47.6 Å². The van der Waals surface area contributed by atoms with Crippen molar-refractivity contribution in [2.75, 3.05) is 25.1 Å². The van der Waals surface area contributed by atoms with Crippen LogP contribution in [0.5, 0.6) is 0 Å². The first-order valence-corrected chi connectivity index (χ1v) is 13.9. The molecule has 2 N–H and O–H groups in total. The number of amides is 2. The van der Waals surface area contributed by atoms with Crippen LogP contribution in [0.15, 0.2) is 55.1 Å². The highest BCUT2D eigenvalue weighted by atomic mass is 19.1. The van der Waals surface area contributed by atoms with Gasteiger partial charge in [-0.1, -0.05) is 12.1 Å². The summed E-state index contributed by atoms with van der Waals surface area (Å²) in [6, 6.07) is 6.31. The number of aliphatic hydroxyl groups is 1. The second-order valence-corrected chi connectivity index (χ2v) is 11.4. The van der Waals surface area contributed by atoms with Crippen molar-refractivity contribution in [1.82, 2.24) is 14.9 Å². The summed E-state index contributed by atoms with van der Waals surface area (Å²) < 4.78 is 54.6. The minimum atomic E-state index is -0.762. The van der Waals surface area contributed by atoms with Gasteiger partial charge in [-0.3, -0.25) is 19.7 Å². The number of aromatic nitrogens is 2. The molecular formula is C31H35F3N4O5. The van der Waals surface area contributed by atoms with Gasteiger partial charge in [0.25, 0.3) is 0 Å². The zero-order valence-electron chi connectivity index (χ0n) is 24.2. The summed E-state index contributed by atoms with van der Waals surface area (Å²) in [5.41, 5.74) is 0.334. The SMILES string of the molecule is CC(C)(C)OC(=O)N1CC(CCc2c(F)cncc2NC(=O)C[C@@H](c2ccc(F)cc2)c2ccncc2F)OCC1CO. The van der Waals surface area contributed by atoms with Crippen molar-refractivity contribution in [3.63, 3.8) is 0 Å². The summed E-state index contributed by atoms with van der Waals surface area (Å²) in [5.74, 6) is -3.02. The minimum absolute atomic E-state index is 0.0825. The maximum Gasteiger partial charge on any atom is 0.410 e. The number of nitrogens with one attached hydrogen (secondary N) is 1. The number of hydrogen-bond acceptors (Lipinski definition) is 7. The Balaban J connectivity index is 1.47. The van der Waals surface area contributed by atoms with E-state index in [1.807, 2.05) is 0 Å². The third-order valence-corrected chi connectivity index (χ3v) is 7.04. The van der Waals surface area contributed by atoms with Crippen LogP contribution in [0.25, 0.3) is 0 Å². The molecule has 2 unspecified atom stereocenters. The number of rotatable bonds is 9. The molecule has 0 bridgehead atoms. The van der Waals surface area contributed by atoms with Crippen LogP contribution in [-0.2, 0) is 20.7 Å². The molecule has 4 rings (SSSR count). The van der Waals surface area contributed by atoms with E-state index < -0.39 is 53.1 Å². The number of aliphatic hydroxyl groups excluding tert-OH is 1. The number of carbonyl (C=O) groups excluding carboxylic acids is 2. The molecule has 43 heavy (non-hydrogen) atoms. The number of nitrogens with zero attached hydrogens (tertiary/aromatic N) is 3. The van der Waals surface area contributed by atoms with E-state index in [0.29, 0.717) is 12.0 Å². The molecule has 2 aromatic heterocycles. The van der Waals surface area contributed by atoms with Crippen molar-refractivity contribution in [2.45, 2.75) is 63.7 Å². The minimum Gasteiger partial charge on any atom is -0.444 e. The molecule has 3 aromatic rings. The Morgan fingerprint density at radius 1 is 1.09 bits per heavy atom. The van der Waals surface area contributed by atoms with Crippen molar-refractivity contribution in [3.05, 3.63) is 89.3 Å². The molecule has 1 saturated heterocycles. The van der Waals surface area contributed by atoms with Crippen molar-refractivity contribution in [1.29, 1.82) is 0 Å². The summed E-state index contributed by atoms with van der Waals surface area (Å²) in [6.07, 6.45) is 3.96. The average molecular weight is 601 g/mol. The molecule has 1 aliphatic heterocycles. The predicted octanol–water partition coefficient (Wildman–Crippen LogP) is 4.98. The lowest BCUT2D eigenvalue weighted by molar-refractivity contribution is -0.116. The molecule has 0 radical (unpaired) electrons. The van der Waals surface area contributed by atoms with E-state index in [2.05, 4.69) is 15.3 Å². The van der Waals surface area contributed by atoms with Crippen LogP contribution in [0.1, 0.15) is 56.2 Å². The number of carbonyl (C=O) groups is 2. The van der Waals surface area contributed by atoms with Crippen LogP contribution in [0.2, 0.25) is 0 Å². The third kappa shape index (κ3) is 8.51. The van der Waals surface area contributed by atoms with Gasteiger partial charge in [-0.2, -0.15) is 0 Å². The van der Waals surface area contributed by atoms with E-state index in [0.717, 1.165) is 12.4 Å². The Bertz CT molecular complexity index is 1420. The van der Waals surface area contributed by atoms with Crippen LogP contribution in [0.4, 0.5) is 23.7 Å². The highest BCUT2D eigenvalue weighted by Crippen LogP contribution is 2.31. The zero-order chi connectivity index (χ0) is 31.1. The van der Waals surface area contributed by atoms with Crippen LogP contribution in [0, 0.1) is 17.5 Å². The number of benzene rings is 1. The Kier molecular flexibility index (Phi) is 10.4. The van der Waals surface area contributed by atoms with Gasteiger partial charge in [0.2, 0.25) is 5.91 Å². The topological polar surface area (TPSA) is 114 Å². The van der Waals surface area contributed by atoms with Gasteiger partial charge in [-0.25, -0.2) is 18.0 Å². The molecule has 1 aliphatic rings. The Hall–Kier alpha value is -4.03. The van der Waals surface area contributed by atoms with E-state index in [4.69, 9.17) is 9.47 Å². The van der Waals surface area contributed by atoms with Gasteiger partial charge in [0, 0.05) is 24.1 Å². The second-order valence-electron chi connectivity index (χ2n) is 11.4. The van der Waals surface area contributed by atoms with Gasteiger partial charge in [-0.15, -0.1) is 0 Å². The largest absolute Gasteiger partial charge is 0.444 e. The van der Waals surface area contributed by atoms with Crippen LogP contribution in [-0.4, -0.2) is 69.5 Å². The number of halogens is 3. The van der Waals surface area contributed by atoms with E-state index >= 15 is 0 Å². The fraction of sp³-hybridized carbons (Fsp3) is 0.419. The van der Waals surface area contributed by atoms with Gasteiger partial charge in [0.1, 0.15) is 23.1 Å². The summed E-state index contributed by atoms with van der Waals surface area (Å²) in [7, 11) is 0. The standard InChI is InChI=1S/C31H35F3N4O5/c1-31(2,3)43-30(41)38-16-22(42-18-21(38)17-39)8-9-24-27(34)14-36-15-28(24)37-29(40)12-25(19-4-6-20(32)7-5-19)23-10-11-35-13-26(23)33/h4-7,10-11,13-15,21-22,25,39H,8-9,12,16-18H2,1-3H3,(H,37,40)/t21?,22?,25-/m0/s1. The normalized spacial score (nSPS) is 17.8. The molecule has 12 heteroatoms. The fourth-order valence-electron chi connectivity index (χ4n) is 4.91. The highest BCUT2D eigenvalue weighted by Gasteiger charge is 2.35. The predicted molar refractivity (Wildman–Crippen MR) is 152 cm³/mol. The van der Waals surface area contributed by atoms with Gasteiger partial charge in [0.15, 0.2) is 0 Å². The van der Waals surface area contributed by atoms with Crippen LogP contribution in [0.3, 0.4) is 0 Å². The maximum absolute atomic E-state index is 15.0. The lowest BCUT2D eigenvalue weighted by Gasteiger charge is -2.39. The number of anilines is 1. The molecule has 3 atom stereocenters. The molecule has 1 fully saturated rings. The first kappa shape index (κ1) is 31.9. The first-order chi connectivity index (χ1) is 20.4. The molecule has 230 valence electrons. The van der Waals surface area contributed by atoms with E-state index in [9.17, 15) is 27.9 Å². The zero-order valence-corrected chi connectivity index (χ0v) is 24.2. The highest BCUT2D eigenvalue weighted by molar-refractivity contribution is 5.92. The van der Waals surface area contributed by atoms with Crippen molar-refractivity contribution >= 4 is 17.7 Å². The molecule has 9 nitrogen and oxygen atoms in total. The third-order valence-electron chi connectivity index (χ3n) is 7.04. The molecule has 2 amide bonds. The molecule has 0 saturated carbocycles. The van der Waals surface area contributed by atoms with Gasteiger partial charge < -0.3 is 19.9 Å². The Morgan fingerprint density at radius 2 is 1.81 bits per heavy atom. The lowest BCUT2D eigenvalue weighted by atomic mass is 9.88. The number of hydrogen-bond donors (Lipinski definition) is 2. The van der Waals surface area contributed by atoms with Crippen molar-refractivity contribution < 1.29 is 37.3 Å². The number of pyridine rings is 2. The summed E-state index contributed by atoms with van der Waals surface area (Å²) in [6.45, 7) is 5.14. The fourth-order valence-corrected chi connectivity index (χ4v) is 4.91. The number of ether oxygens (including phenoxy) is 2. The molecule has 0 spiro atoms. The summed E-state index contributed by atoms with van der Waals surface area (Å²) in [4.78, 5) is 35.0. The summed E-state index contributed by atoms with van der Waals surface area (Å²) >= 11 is 0. The monoisotopic (exact) mass is 600 g/mol. The van der Waals surface area contributed by atoms with Crippen LogP contribution < -0.4 is 5.32 Å². The smallest absolute Gasteiger partial charge is 0.410 e. The van der Waals surface area contributed by atoms with Gasteiger partial charge in [-0.05, 0) is 62.9 Å². The first-order valence-electron chi connectivity index (χ1n) is 13.9. The van der Waals surface area contributed by atoms with Crippen LogP contribution >= 0.6 is 0 Å². The van der Waals surface area contributed by atoms with E-state index in [-0.39, 0.29) is 49.4 Å².